The van der Waals surface area contributed by atoms with Crippen LogP contribution in [0.4, 0.5) is 11.1 Å². The molecule has 0 bridgehead atoms. The van der Waals surface area contributed by atoms with Crippen LogP contribution in [0.5, 0.6) is 11.8 Å². The molecule has 0 saturated carbocycles. The number of thiazole rings is 1. The second-order valence-electron chi connectivity index (χ2n) is 4.54. The maximum atomic E-state index is 5.97. The van der Waals surface area contributed by atoms with Gasteiger partial charge in [-0.1, -0.05) is 51.3 Å². The maximum absolute atomic E-state index is 5.97. The summed E-state index contributed by atoms with van der Waals surface area (Å²) in [5, 5.41) is 12.0. The Bertz CT molecular complexity index is 954. The first kappa shape index (κ1) is 14.0. The molecule has 4 rings (SSSR count). The van der Waals surface area contributed by atoms with Gasteiger partial charge in [-0.3, -0.25) is 5.32 Å². The molecule has 0 aliphatic carbocycles. The van der Waals surface area contributed by atoms with Crippen LogP contribution in [-0.2, 0) is 0 Å². The quantitative estimate of drug-likeness (QED) is 0.569. The average molecular weight is 345 g/mol. The summed E-state index contributed by atoms with van der Waals surface area (Å²) in [6.07, 6.45) is 0.0582. The topological polar surface area (TPSA) is 73.1 Å². The van der Waals surface area contributed by atoms with Crippen LogP contribution in [0.15, 0.2) is 52.9 Å². The van der Waals surface area contributed by atoms with Gasteiger partial charge in [-0.05, 0) is 30.3 Å². The fourth-order valence-electron chi connectivity index (χ4n) is 1.93. The lowest BCUT2D eigenvalue weighted by atomic mass is 10.3. The van der Waals surface area contributed by atoms with Gasteiger partial charge < -0.3 is 9.15 Å². The zero-order valence-corrected chi connectivity index (χ0v) is 13.1. The van der Waals surface area contributed by atoms with Crippen LogP contribution in [-0.4, -0.2) is 15.2 Å². The zero-order valence-electron chi connectivity index (χ0n) is 11.6. The number of anilines is 2. The van der Waals surface area contributed by atoms with Crippen molar-refractivity contribution in [1.29, 1.82) is 0 Å². The van der Waals surface area contributed by atoms with E-state index >= 15 is 0 Å². The number of ether oxygens (including phenoxy) is 1. The predicted octanol–water partition coefficient (Wildman–Crippen LogP) is 4.87. The number of fused-ring (bicyclic) bond motifs is 1. The molecule has 114 valence electrons. The molecule has 0 atom stereocenters. The van der Waals surface area contributed by atoms with Gasteiger partial charge in [0.15, 0.2) is 5.13 Å². The van der Waals surface area contributed by atoms with E-state index in [1.54, 1.807) is 18.2 Å². The molecule has 0 radical (unpaired) electrons. The summed E-state index contributed by atoms with van der Waals surface area (Å²) in [4.78, 5) is 4.42. The number of benzene rings is 2. The van der Waals surface area contributed by atoms with Gasteiger partial charge in [0.25, 0.3) is 0 Å². The van der Waals surface area contributed by atoms with Gasteiger partial charge in [-0.2, -0.15) is 0 Å². The molecular weight excluding hydrogens is 336 g/mol. The number of nitrogens with zero attached hydrogens (tertiary/aromatic N) is 3. The number of hydrogen-bond acceptors (Lipinski definition) is 7. The molecule has 0 aliphatic heterocycles. The van der Waals surface area contributed by atoms with Crippen molar-refractivity contribution in [2.24, 2.45) is 0 Å². The summed E-state index contributed by atoms with van der Waals surface area (Å²) in [6, 6.07) is 14.9. The van der Waals surface area contributed by atoms with Crippen molar-refractivity contribution in [1.82, 2.24) is 15.2 Å². The second-order valence-corrected chi connectivity index (χ2v) is 6.01. The lowest BCUT2D eigenvalue weighted by Crippen LogP contribution is -1.88. The first-order valence-electron chi connectivity index (χ1n) is 6.66. The minimum atomic E-state index is 0.0582. The van der Waals surface area contributed by atoms with Gasteiger partial charge in [0.05, 0.1) is 10.2 Å². The van der Waals surface area contributed by atoms with Crippen molar-refractivity contribution in [3.63, 3.8) is 0 Å². The number of aromatic nitrogens is 3. The second kappa shape index (κ2) is 5.86. The van der Waals surface area contributed by atoms with Crippen molar-refractivity contribution in [3.8, 4) is 11.8 Å². The van der Waals surface area contributed by atoms with Gasteiger partial charge in [-0.15, -0.1) is 0 Å². The van der Waals surface area contributed by atoms with Crippen LogP contribution < -0.4 is 10.1 Å². The van der Waals surface area contributed by atoms with Crippen LogP contribution >= 0.6 is 22.9 Å². The molecule has 23 heavy (non-hydrogen) atoms. The molecular formula is C15H9ClN4O2S. The minimum Gasteiger partial charge on any atom is -0.410 e. The summed E-state index contributed by atoms with van der Waals surface area (Å²) >= 11 is 7.41. The number of hydrogen-bond donors (Lipinski definition) is 1. The smallest absolute Gasteiger partial charge is 0.410 e. The monoisotopic (exact) mass is 344 g/mol. The van der Waals surface area contributed by atoms with Gasteiger partial charge in [0.1, 0.15) is 5.75 Å². The minimum absolute atomic E-state index is 0.0582. The highest BCUT2D eigenvalue weighted by Gasteiger charge is 2.11. The van der Waals surface area contributed by atoms with Crippen molar-refractivity contribution >= 4 is 44.3 Å². The van der Waals surface area contributed by atoms with E-state index in [0.717, 1.165) is 10.2 Å². The molecule has 6 nitrogen and oxygen atoms in total. The molecule has 8 heteroatoms. The van der Waals surface area contributed by atoms with E-state index in [1.165, 1.54) is 11.3 Å². The van der Waals surface area contributed by atoms with E-state index in [4.69, 9.17) is 20.8 Å². The van der Waals surface area contributed by atoms with Crippen LogP contribution in [0.1, 0.15) is 0 Å². The van der Waals surface area contributed by atoms with Crippen molar-refractivity contribution in [2.45, 2.75) is 0 Å². The van der Waals surface area contributed by atoms with Crippen LogP contribution in [0.3, 0.4) is 0 Å². The molecule has 0 amide bonds. The Hall–Kier alpha value is -2.64. The molecule has 2 aromatic carbocycles. The van der Waals surface area contributed by atoms with E-state index in [0.29, 0.717) is 15.9 Å². The molecule has 0 spiro atoms. The molecule has 2 heterocycles. The number of para-hydroxylation sites is 1. The highest BCUT2D eigenvalue weighted by atomic mass is 35.5. The molecule has 0 fully saturated rings. The largest absolute Gasteiger partial charge is 0.421 e. The van der Waals surface area contributed by atoms with E-state index < -0.39 is 0 Å². The highest BCUT2D eigenvalue weighted by molar-refractivity contribution is 7.22. The third-order valence-electron chi connectivity index (χ3n) is 2.92. The number of halogens is 1. The van der Waals surface area contributed by atoms with Crippen molar-refractivity contribution in [2.75, 3.05) is 5.32 Å². The van der Waals surface area contributed by atoms with Gasteiger partial charge >= 0.3 is 12.1 Å². The maximum Gasteiger partial charge on any atom is 0.421 e. The Morgan fingerprint density at radius 1 is 1.09 bits per heavy atom. The summed E-state index contributed by atoms with van der Waals surface area (Å²) in [7, 11) is 0. The number of rotatable bonds is 4. The predicted molar refractivity (Wildman–Crippen MR) is 88.7 cm³/mol. The Morgan fingerprint density at radius 2 is 1.96 bits per heavy atom. The SMILES string of the molecule is Clc1ccc2nc(Nc3nnc(Oc4ccccc4)o3)sc2c1. The van der Waals surface area contributed by atoms with Crippen LogP contribution in [0.2, 0.25) is 5.02 Å². The normalized spacial score (nSPS) is 10.8. The fraction of sp³-hybridized carbons (Fsp3) is 0. The Morgan fingerprint density at radius 3 is 2.83 bits per heavy atom. The summed E-state index contributed by atoms with van der Waals surface area (Å²) < 4.78 is 11.8. The molecule has 4 aromatic rings. The van der Waals surface area contributed by atoms with E-state index in [1.807, 2.05) is 30.3 Å². The number of nitrogens with one attached hydrogen (secondary N) is 1. The van der Waals surface area contributed by atoms with Crippen LogP contribution in [0, 0.1) is 0 Å². The summed E-state index contributed by atoms with van der Waals surface area (Å²) in [5.74, 6) is 0.623. The highest BCUT2D eigenvalue weighted by Crippen LogP contribution is 2.30. The van der Waals surface area contributed by atoms with Gasteiger partial charge in [0, 0.05) is 5.02 Å². The van der Waals surface area contributed by atoms with E-state index in [2.05, 4.69) is 20.5 Å². The Balaban J connectivity index is 1.52. The first-order valence-corrected chi connectivity index (χ1v) is 7.85. The van der Waals surface area contributed by atoms with Gasteiger partial charge in [-0.25, -0.2) is 4.98 Å². The third kappa shape index (κ3) is 3.10. The summed E-state index contributed by atoms with van der Waals surface area (Å²) in [5.41, 5.74) is 0.849. The van der Waals surface area contributed by atoms with Crippen LogP contribution in [0.25, 0.3) is 10.2 Å². The fourth-order valence-corrected chi connectivity index (χ4v) is 3.07. The zero-order chi connectivity index (χ0) is 15.6. The molecule has 0 unspecified atom stereocenters. The lowest BCUT2D eigenvalue weighted by Gasteiger charge is -1.98. The first-order chi connectivity index (χ1) is 11.3. The Kier molecular flexibility index (Phi) is 3.57. The average Bonchev–Trinajstić information content (AvgIpc) is 3.14. The lowest BCUT2D eigenvalue weighted by molar-refractivity contribution is 0.336. The van der Waals surface area contributed by atoms with Gasteiger partial charge in [0.2, 0.25) is 0 Å². The third-order valence-corrected chi connectivity index (χ3v) is 4.09. The molecule has 0 aliphatic rings. The standard InChI is InChI=1S/C15H9ClN4O2S/c16-9-6-7-11-12(8-9)23-14(17-11)18-13-19-20-15(22-13)21-10-4-2-1-3-5-10/h1-8H,(H,17,18,19). The molecule has 2 aromatic heterocycles. The summed E-state index contributed by atoms with van der Waals surface area (Å²) in [6.45, 7) is 0. The van der Waals surface area contributed by atoms with E-state index in [-0.39, 0.29) is 12.1 Å². The Labute approximate surface area is 139 Å². The van der Waals surface area contributed by atoms with Crippen molar-refractivity contribution in [3.05, 3.63) is 53.6 Å². The molecule has 0 saturated heterocycles. The van der Waals surface area contributed by atoms with Crippen molar-refractivity contribution < 1.29 is 9.15 Å². The molecule has 1 N–H and O–H groups in total. The van der Waals surface area contributed by atoms with E-state index in [9.17, 15) is 0 Å².